The van der Waals surface area contributed by atoms with Crippen LogP contribution in [0.4, 0.5) is 11.4 Å². The number of nitrogens with one attached hydrogen (secondary N) is 2. The van der Waals surface area contributed by atoms with Gasteiger partial charge in [0.1, 0.15) is 0 Å². The number of anilines is 2. The van der Waals surface area contributed by atoms with Gasteiger partial charge in [-0.05, 0) is 94.6 Å². The molecule has 59 heavy (non-hydrogen) atoms. The molecule has 1 saturated heterocycles. The average molecular weight is 799 g/mol. The molecule has 2 heterocycles. The second-order valence-corrected chi connectivity index (χ2v) is 15.3. The number of hydrogen-bond acceptors (Lipinski definition) is 9. The number of nitrogens with two attached hydrogens (primary N) is 1. The van der Waals surface area contributed by atoms with Gasteiger partial charge in [-0.3, -0.25) is 14.5 Å². The van der Waals surface area contributed by atoms with Crippen molar-refractivity contribution in [3.05, 3.63) is 143 Å². The number of nitrogens with zero attached hydrogens (tertiary/aromatic N) is 1. The average Bonchev–Trinajstić information content (AvgIpc) is 3.27. The van der Waals surface area contributed by atoms with Gasteiger partial charge in [0, 0.05) is 51.0 Å². The third kappa shape index (κ3) is 10.9. The lowest BCUT2D eigenvalue weighted by Gasteiger charge is -2.39. The normalized spacial score (nSPS) is 17.8. The Hall–Kier alpha value is -5.72. The van der Waals surface area contributed by atoms with E-state index in [9.17, 15) is 14.7 Å². The van der Waals surface area contributed by atoms with Crippen LogP contribution in [-0.2, 0) is 45.2 Å². The predicted octanol–water partition coefficient (Wildman–Crippen LogP) is 7.86. The molecular formula is C48H54N4O7. The van der Waals surface area contributed by atoms with E-state index in [2.05, 4.69) is 51.9 Å². The number of para-hydroxylation sites is 2. The molecule has 0 unspecified atom stereocenters. The number of benzene rings is 5. The standard InChI is InChI=1S/C48H54N4O7/c1-56-44-25-37-21-22-52(29-39(37)26-45(44)57-2)30-40-27-43(34-19-17-32(31-53)18-20-34)59-48(58-40)38-12-8-11-36(24-38)35-10-7-9-33(23-35)28-50-46(54)15-5-6-16-47(55)51-42-14-4-3-13-41(42)49/h3-4,7-14,17-20,23-26,40,43,48,53H,5-6,15-16,21-22,27-31,49H2,1-2H3,(H,50,54)(H,51,55)/t40-,43+,48+/m0/s1. The van der Waals surface area contributed by atoms with Crippen molar-refractivity contribution in [3.8, 4) is 22.6 Å². The first-order chi connectivity index (χ1) is 28.8. The number of hydrogen-bond donors (Lipinski definition) is 4. The van der Waals surface area contributed by atoms with Gasteiger partial charge in [-0.1, -0.05) is 72.8 Å². The van der Waals surface area contributed by atoms with Crippen molar-refractivity contribution in [1.29, 1.82) is 0 Å². The first-order valence-electron chi connectivity index (χ1n) is 20.4. The number of unbranched alkanes of at least 4 members (excludes halogenated alkanes) is 1. The van der Waals surface area contributed by atoms with Crippen LogP contribution in [0.3, 0.4) is 0 Å². The Kier molecular flexibility index (Phi) is 13.9. The lowest BCUT2D eigenvalue weighted by Crippen LogP contribution is -2.41. The Labute approximate surface area is 346 Å². The van der Waals surface area contributed by atoms with Crippen LogP contribution in [0, 0.1) is 0 Å². The number of amides is 2. The van der Waals surface area contributed by atoms with Crippen LogP contribution in [0.1, 0.15) is 77.9 Å². The Balaban J connectivity index is 0.980. The molecule has 5 N–H and O–H groups in total. The molecule has 0 spiro atoms. The van der Waals surface area contributed by atoms with Gasteiger partial charge in [0.05, 0.1) is 44.4 Å². The third-order valence-corrected chi connectivity index (χ3v) is 11.1. The summed E-state index contributed by atoms with van der Waals surface area (Å²) < 4.78 is 24.7. The van der Waals surface area contributed by atoms with Crippen LogP contribution in [0.2, 0.25) is 0 Å². The van der Waals surface area contributed by atoms with E-state index in [1.807, 2.05) is 60.7 Å². The Bertz CT molecular complexity index is 2210. The van der Waals surface area contributed by atoms with Gasteiger partial charge in [0.15, 0.2) is 17.8 Å². The van der Waals surface area contributed by atoms with E-state index in [0.717, 1.165) is 70.9 Å². The number of aliphatic hydroxyl groups is 1. The molecule has 2 aliphatic heterocycles. The first-order valence-corrected chi connectivity index (χ1v) is 20.4. The smallest absolute Gasteiger partial charge is 0.224 e. The molecular weight excluding hydrogens is 745 g/mol. The minimum absolute atomic E-state index is 0.0123. The van der Waals surface area contributed by atoms with Crippen LogP contribution in [0.15, 0.2) is 109 Å². The number of methoxy groups -OCH3 is 2. The van der Waals surface area contributed by atoms with Crippen LogP contribution < -0.4 is 25.8 Å². The summed E-state index contributed by atoms with van der Waals surface area (Å²) in [5, 5.41) is 15.5. The fraction of sp³-hybridized carbons (Fsp3) is 0.333. The van der Waals surface area contributed by atoms with Crippen LogP contribution in [-0.4, -0.2) is 55.2 Å². The minimum atomic E-state index is -0.595. The van der Waals surface area contributed by atoms with E-state index in [1.54, 1.807) is 26.4 Å². The van der Waals surface area contributed by atoms with E-state index in [1.165, 1.54) is 11.1 Å². The van der Waals surface area contributed by atoms with Gasteiger partial charge >= 0.3 is 0 Å². The highest BCUT2D eigenvalue weighted by atomic mass is 16.7. The molecule has 7 rings (SSSR count). The van der Waals surface area contributed by atoms with Gasteiger partial charge in [-0.25, -0.2) is 0 Å². The predicted molar refractivity (Wildman–Crippen MR) is 229 cm³/mol. The highest BCUT2D eigenvalue weighted by Gasteiger charge is 2.34. The van der Waals surface area contributed by atoms with Crippen LogP contribution >= 0.6 is 0 Å². The number of nitrogen functional groups attached to an aromatic ring is 1. The fourth-order valence-electron chi connectivity index (χ4n) is 7.83. The second kappa shape index (κ2) is 19.8. The van der Waals surface area contributed by atoms with Gasteiger partial charge in [-0.15, -0.1) is 0 Å². The molecule has 0 saturated carbocycles. The van der Waals surface area contributed by atoms with Crippen molar-refractivity contribution >= 4 is 23.2 Å². The van der Waals surface area contributed by atoms with Crippen molar-refractivity contribution in [2.75, 3.05) is 38.4 Å². The third-order valence-electron chi connectivity index (χ3n) is 11.1. The van der Waals surface area contributed by atoms with E-state index in [-0.39, 0.29) is 30.6 Å². The van der Waals surface area contributed by atoms with E-state index >= 15 is 0 Å². The molecule has 0 radical (unpaired) electrons. The molecule has 5 aromatic rings. The van der Waals surface area contributed by atoms with E-state index < -0.39 is 6.29 Å². The summed E-state index contributed by atoms with van der Waals surface area (Å²) in [6.45, 7) is 2.81. The molecule has 0 aromatic heterocycles. The molecule has 308 valence electrons. The first kappa shape index (κ1) is 41.4. The Morgan fingerprint density at radius 1 is 0.780 bits per heavy atom. The Morgan fingerprint density at radius 3 is 2.24 bits per heavy atom. The molecule has 11 nitrogen and oxygen atoms in total. The molecule has 3 atom stereocenters. The maximum absolute atomic E-state index is 12.7. The summed E-state index contributed by atoms with van der Waals surface area (Å²) in [4.78, 5) is 27.5. The molecule has 2 aliphatic rings. The number of aliphatic hydroxyl groups excluding tert-OH is 1. The lowest BCUT2D eigenvalue weighted by atomic mass is 9.96. The highest BCUT2D eigenvalue weighted by molar-refractivity contribution is 5.93. The zero-order valence-corrected chi connectivity index (χ0v) is 33.8. The summed E-state index contributed by atoms with van der Waals surface area (Å²) in [6, 6.07) is 35.7. The monoisotopic (exact) mass is 798 g/mol. The molecule has 0 aliphatic carbocycles. The maximum atomic E-state index is 12.7. The van der Waals surface area contributed by atoms with Gasteiger partial charge < -0.3 is 40.4 Å². The topological polar surface area (TPSA) is 145 Å². The zero-order chi connectivity index (χ0) is 41.1. The number of carbonyl (C=O) groups is 2. The van der Waals surface area contributed by atoms with Crippen molar-refractivity contribution in [1.82, 2.24) is 10.2 Å². The molecule has 0 bridgehead atoms. The number of ether oxygens (including phenoxy) is 4. The largest absolute Gasteiger partial charge is 0.493 e. The molecule has 5 aromatic carbocycles. The summed E-state index contributed by atoms with van der Waals surface area (Å²) in [6.07, 6.45) is 2.57. The number of fused-ring (bicyclic) bond motifs is 1. The lowest BCUT2D eigenvalue weighted by molar-refractivity contribution is -0.253. The van der Waals surface area contributed by atoms with Gasteiger partial charge in [0.2, 0.25) is 11.8 Å². The second-order valence-electron chi connectivity index (χ2n) is 15.3. The summed E-state index contributed by atoms with van der Waals surface area (Å²) >= 11 is 0. The quantitative estimate of drug-likeness (QED) is 0.0579. The highest BCUT2D eigenvalue weighted by Crippen LogP contribution is 2.40. The number of rotatable bonds is 16. The summed E-state index contributed by atoms with van der Waals surface area (Å²) in [7, 11) is 3.34. The molecule has 1 fully saturated rings. The Morgan fingerprint density at radius 2 is 1.49 bits per heavy atom. The minimum Gasteiger partial charge on any atom is -0.493 e. The summed E-state index contributed by atoms with van der Waals surface area (Å²) in [5.41, 5.74) is 15.4. The van der Waals surface area contributed by atoms with Gasteiger partial charge in [0.25, 0.3) is 0 Å². The van der Waals surface area contributed by atoms with Gasteiger partial charge in [-0.2, -0.15) is 0 Å². The zero-order valence-electron chi connectivity index (χ0n) is 33.8. The molecule has 2 amide bonds. The van der Waals surface area contributed by atoms with E-state index in [0.29, 0.717) is 50.0 Å². The molecule has 11 heteroatoms. The van der Waals surface area contributed by atoms with Crippen molar-refractivity contribution < 1.29 is 33.6 Å². The van der Waals surface area contributed by atoms with Crippen molar-refractivity contribution in [2.45, 2.75) is 76.7 Å². The number of carbonyl (C=O) groups excluding carboxylic acids is 2. The van der Waals surface area contributed by atoms with Crippen molar-refractivity contribution in [3.63, 3.8) is 0 Å². The van der Waals surface area contributed by atoms with E-state index in [4.69, 9.17) is 24.7 Å². The summed E-state index contributed by atoms with van der Waals surface area (Å²) in [5.74, 6) is 1.31. The fourth-order valence-corrected chi connectivity index (χ4v) is 7.83. The SMILES string of the molecule is COc1cc2c(cc1OC)CN(C[C@@H]1C[C@H](c3ccc(CO)cc3)O[C@H](c3cccc(-c4cccc(CNC(=O)CCCCC(=O)Nc5ccccc5N)c4)c3)O1)CC2. The van der Waals surface area contributed by atoms with Crippen LogP contribution in [0.25, 0.3) is 11.1 Å². The maximum Gasteiger partial charge on any atom is 0.224 e. The van der Waals surface area contributed by atoms with Crippen LogP contribution in [0.5, 0.6) is 11.5 Å². The van der Waals surface area contributed by atoms with Crippen molar-refractivity contribution in [2.24, 2.45) is 0 Å².